The van der Waals surface area contributed by atoms with E-state index in [0.717, 1.165) is 140 Å². The number of aryl methyl sites for hydroxylation is 4. The summed E-state index contributed by atoms with van der Waals surface area (Å²) >= 11 is 0. The normalized spacial score (nSPS) is 21.5. The van der Waals surface area contributed by atoms with Gasteiger partial charge < -0.3 is 24.8 Å². The summed E-state index contributed by atoms with van der Waals surface area (Å²) in [6, 6.07) is 5.75. The number of rotatable bonds is 12. The second-order valence-electron chi connectivity index (χ2n) is 23.5. The molecule has 0 amide bonds. The molecule has 2 aromatic carbocycles. The van der Waals surface area contributed by atoms with Crippen molar-refractivity contribution in [2.24, 2.45) is 0 Å². The molecular formula is C53H80ClN11O7S2Si. The van der Waals surface area contributed by atoms with Crippen LogP contribution in [0.4, 0.5) is 23.3 Å². The highest BCUT2D eigenvalue weighted by atomic mass is 35.7. The van der Waals surface area contributed by atoms with Gasteiger partial charge in [0.15, 0.2) is 0 Å². The van der Waals surface area contributed by atoms with Crippen LogP contribution in [0.1, 0.15) is 115 Å². The predicted octanol–water partition coefficient (Wildman–Crippen LogP) is 7.90. The Morgan fingerprint density at radius 1 is 0.680 bits per heavy atom. The van der Waals surface area contributed by atoms with Gasteiger partial charge in [0.05, 0.1) is 26.4 Å². The van der Waals surface area contributed by atoms with E-state index in [0.29, 0.717) is 43.7 Å². The number of piperidine rings is 1. The van der Waals surface area contributed by atoms with Gasteiger partial charge in [0, 0.05) is 74.0 Å². The summed E-state index contributed by atoms with van der Waals surface area (Å²) in [5, 5.41) is 17.4. The molecular weight excluding hydrogens is 1030 g/mol. The number of nitrogens with zero attached hydrogens (tertiary/aromatic N) is 8. The molecule has 2 aromatic heterocycles. The van der Waals surface area contributed by atoms with Crippen LogP contribution in [-0.4, -0.2) is 153 Å². The van der Waals surface area contributed by atoms with Gasteiger partial charge in [-0.3, -0.25) is 9.80 Å². The molecule has 5 heterocycles. The van der Waals surface area contributed by atoms with Crippen molar-refractivity contribution in [1.82, 2.24) is 44.1 Å². The zero-order valence-electron chi connectivity index (χ0n) is 45.0. The number of likely N-dealkylation sites (N-methyl/N-ethyl adjacent to an activating group) is 2. The van der Waals surface area contributed by atoms with Gasteiger partial charge in [-0.2, -0.15) is 14.3 Å². The lowest BCUT2D eigenvalue weighted by Crippen LogP contribution is -2.60. The molecule has 1 saturated carbocycles. The summed E-state index contributed by atoms with van der Waals surface area (Å²) in [7, 11) is 0.915. The molecule has 5 aliphatic carbocycles. The van der Waals surface area contributed by atoms with Crippen LogP contribution < -0.4 is 10.6 Å². The summed E-state index contributed by atoms with van der Waals surface area (Å²) in [6.45, 7) is 13.8. The molecule has 3 saturated heterocycles. The van der Waals surface area contributed by atoms with Crippen LogP contribution in [0.15, 0.2) is 22.4 Å². The van der Waals surface area contributed by atoms with Gasteiger partial charge in [0.1, 0.15) is 6.73 Å². The number of H-pyrrole nitrogens is 1. The fourth-order valence-electron chi connectivity index (χ4n) is 12.9. The topological polar surface area (TPSA) is 202 Å². The number of halogens is 1. The molecule has 0 atom stereocenters. The van der Waals surface area contributed by atoms with E-state index in [4.69, 9.17) is 24.9 Å². The largest absolute Gasteiger partial charge is 0.378 e. The number of sulfonamides is 1. The van der Waals surface area contributed by atoms with E-state index in [1.165, 1.54) is 85.6 Å². The van der Waals surface area contributed by atoms with Gasteiger partial charge in [-0.05, 0) is 167 Å². The van der Waals surface area contributed by atoms with Crippen molar-refractivity contribution in [3.8, 4) is 0 Å². The Kier molecular flexibility index (Phi) is 16.6. The van der Waals surface area contributed by atoms with Gasteiger partial charge in [0.2, 0.25) is 11.9 Å². The lowest BCUT2D eigenvalue weighted by molar-refractivity contribution is -0.0761. The maximum Gasteiger partial charge on any atom is 0.298 e. The van der Waals surface area contributed by atoms with E-state index in [1.54, 1.807) is 0 Å². The number of hydrogen-bond donors (Lipinski definition) is 3. The number of aromatic amines is 1. The molecule has 75 heavy (non-hydrogen) atoms. The van der Waals surface area contributed by atoms with Crippen molar-refractivity contribution >= 4 is 61.1 Å². The Morgan fingerprint density at radius 3 is 1.68 bits per heavy atom. The van der Waals surface area contributed by atoms with Crippen LogP contribution in [0.3, 0.4) is 0 Å². The Hall–Kier alpha value is -3.51. The lowest BCUT2D eigenvalue weighted by atomic mass is 9.80. The first-order chi connectivity index (χ1) is 35.9. The van der Waals surface area contributed by atoms with Crippen LogP contribution in [0.5, 0.6) is 0 Å². The number of ether oxygens (including phenoxy) is 3. The van der Waals surface area contributed by atoms with Crippen molar-refractivity contribution in [3.05, 3.63) is 56.6 Å². The van der Waals surface area contributed by atoms with E-state index < -0.39 is 32.3 Å². The molecule has 0 radical (unpaired) electrons. The summed E-state index contributed by atoms with van der Waals surface area (Å²) in [5.74, 6) is 0.688. The Bertz CT molecular complexity index is 2840. The van der Waals surface area contributed by atoms with Crippen LogP contribution in [0.2, 0.25) is 25.7 Å². The first-order valence-corrected chi connectivity index (χ1v) is 35.2. The summed E-state index contributed by atoms with van der Waals surface area (Å²) in [4.78, 5) is 13.4. The maximum atomic E-state index is 13.3. The molecule has 4 aromatic rings. The highest BCUT2D eigenvalue weighted by molar-refractivity contribution is 8.13. The minimum atomic E-state index is -4.03. The number of fused-ring (bicyclic) bond motifs is 4. The highest BCUT2D eigenvalue weighted by Crippen LogP contribution is 2.42. The number of nitrogens with one attached hydrogen (secondary N) is 3. The Labute approximate surface area is 450 Å². The Balaban J connectivity index is 0.000000141. The molecule has 22 heteroatoms. The van der Waals surface area contributed by atoms with Crippen molar-refractivity contribution in [3.63, 3.8) is 0 Å². The second kappa shape index (κ2) is 22.7. The van der Waals surface area contributed by atoms with E-state index in [1.807, 2.05) is 0 Å². The van der Waals surface area contributed by atoms with Gasteiger partial charge >= 0.3 is 0 Å². The highest BCUT2D eigenvalue weighted by Gasteiger charge is 2.44. The number of anilines is 4. The quantitative estimate of drug-likeness (QED) is 0.0702. The zero-order valence-corrected chi connectivity index (χ0v) is 48.4. The van der Waals surface area contributed by atoms with Crippen molar-refractivity contribution < 1.29 is 31.0 Å². The SMILES string of the molecule is CN1CCOCC12CCCCC2.CN1CCOCC12CCN(S(=O)(=O)c1nc(Nc3c4c(cc5c3CCC5)CCC4)n[nH]1)CC2.C[Si](C)(C)CCOCn1nc(S(=O)(=O)Cl)nc1Nc1c2c(cc3c1CCC3)CCC2. The molecule has 2 spiro atoms. The van der Waals surface area contributed by atoms with Gasteiger partial charge in [-0.1, -0.05) is 51.0 Å². The Morgan fingerprint density at radius 2 is 1.19 bits per heavy atom. The van der Waals surface area contributed by atoms with Gasteiger partial charge in [0.25, 0.3) is 29.4 Å². The molecule has 3 N–H and O–H groups in total. The molecule has 3 aliphatic heterocycles. The van der Waals surface area contributed by atoms with Gasteiger partial charge in [-0.25, -0.2) is 26.6 Å². The molecule has 4 fully saturated rings. The van der Waals surface area contributed by atoms with Crippen LogP contribution in [0.25, 0.3) is 0 Å². The lowest BCUT2D eigenvalue weighted by Gasteiger charge is -2.49. The fourth-order valence-corrected chi connectivity index (χ4v) is 15.5. The first kappa shape index (κ1) is 54.8. The zero-order chi connectivity index (χ0) is 52.6. The standard InChI is InChI=1S/C23H32N6O3S.C20H29ClN4O3SSi.C10H19NO/c1-28-12-13-32-15-23(28)8-10-29(11-9-23)33(30,31)22-25-21(26-27-22)24-20-18-6-2-4-16(18)14-17-5-3-7-19(17)20;1-30(2,3)11-10-28-13-25-19(23-20(24-25)29(21,26)27)22-18-16-8-4-6-14(16)12-15-7-5-9-17(15)18;1-11-7-8-12-9-10(11)5-3-2-4-6-10/h14H,2-13,15H2,1H3,(H2,24,25,26,27);12H,4-11,13H2,1-3H3,(H,22,23,24);2-9H2,1H3. The summed E-state index contributed by atoms with van der Waals surface area (Å²) in [6.07, 6.45) is 21.6. The number of morpholine rings is 2. The summed E-state index contributed by atoms with van der Waals surface area (Å²) < 4.78 is 70.4. The number of benzene rings is 2. The fraction of sp³-hybridized carbons (Fsp3) is 0.698. The van der Waals surface area contributed by atoms with Crippen LogP contribution >= 0.6 is 10.7 Å². The third kappa shape index (κ3) is 12.1. The molecule has 12 rings (SSSR count). The van der Waals surface area contributed by atoms with Crippen molar-refractivity contribution in [2.45, 2.75) is 176 Å². The van der Waals surface area contributed by atoms with Crippen LogP contribution in [0, 0.1) is 0 Å². The van der Waals surface area contributed by atoms with E-state index >= 15 is 0 Å². The predicted molar refractivity (Wildman–Crippen MR) is 295 cm³/mol. The van der Waals surface area contributed by atoms with Crippen LogP contribution in [-0.2, 0) is 91.4 Å². The number of aromatic nitrogens is 6. The molecule has 18 nitrogen and oxygen atoms in total. The third-order valence-electron chi connectivity index (χ3n) is 17.5. The van der Waals surface area contributed by atoms with E-state index in [-0.39, 0.29) is 17.4 Å². The summed E-state index contributed by atoms with van der Waals surface area (Å²) in [5.41, 5.74) is 13.5. The average molecular weight is 1110 g/mol. The molecule has 0 unspecified atom stereocenters. The third-order valence-corrected chi connectivity index (χ3v) is 21.9. The molecule has 412 valence electrons. The average Bonchev–Trinajstić information content (AvgIpc) is 4.26. The smallest absolute Gasteiger partial charge is 0.298 e. The first-order valence-electron chi connectivity index (χ1n) is 27.8. The van der Waals surface area contributed by atoms with Crippen molar-refractivity contribution in [2.75, 3.05) is 83.9 Å². The number of hydrogen-bond acceptors (Lipinski definition) is 15. The monoisotopic (exact) mass is 1110 g/mol. The molecule has 8 aliphatic rings. The van der Waals surface area contributed by atoms with E-state index in [2.05, 4.69) is 91.6 Å². The maximum absolute atomic E-state index is 13.3. The minimum absolute atomic E-state index is 0.0630. The minimum Gasteiger partial charge on any atom is -0.378 e. The second-order valence-corrected chi connectivity index (χ2v) is 33.5. The van der Waals surface area contributed by atoms with E-state index in [9.17, 15) is 16.8 Å². The van der Waals surface area contributed by atoms with Gasteiger partial charge in [-0.15, -0.1) is 10.2 Å². The van der Waals surface area contributed by atoms with Crippen molar-refractivity contribution in [1.29, 1.82) is 0 Å². The molecule has 0 bridgehead atoms.